The van der Waals surface area contributed by atoms with E-state index in [1.807, 2.05) is 29.8 Å². The van der Waals surface area contributed by atoms with E-state index >= 15 is 0 Å². The summed E-state index contributed by atoms with van der Waals surface area (Å²) < 4.78 is 15.1. The molecule has 8 heteroatoms. The zero-order valence-electron chi connectivity index (χ0n) is 14.1. The number of methoxy groups -OCH3 is 2. The van der Waals surface area contributed by atoms with Crippen LogP contribution >= 0.6 is 11.9 Å². The van der Waals surface area contributed by atoms with Gasteiger partial charge in [-0.3, -0.25) is 4.72 Å². The van der Waals surface area contributed by atoms with Gasteiger partial charge in [-0.2, -0.15) is 0 Å². The normalized spacial score (nSPS) is 10.5. The average molecular weight is 358 g/mol. The van der Waals surface area contributed by atoms with E-state index in [9.17, 15) is 4.79 Å². The molecule has 0 spiro atoms. The Hall–Kier alpha value is -2.87. The van der Waals surface area contributed by atoms with Crippen LogP contribution in [0.15, 0.2) is 47.6 Å². The third kappa shape index (κ3) is 3.63. The summed E-state index contributed by atoms with van der Waals surface area (Å²) in [5, 5.41) is 2.76. The van der Waals surface area contributed by atoms with Crippen molar-refractivity contribution in [3.05, 3.63) is 42.7 Å². The van der Waals surface area contributed by atoms with Crippen LogP contribution in [0.4, 0.5) is 10.5 Å². The summed E-state index contributed by atoms with van der Waals surface area (Å²) in [6.45, 7) is 0. The van der Waals surface area contributed by atoms with Gasteiger partial charge in [-0.05, 0) is 36.2 Å². The van der Waals surface area contributed by atoms with Gasteiger partial charge in [0.05, 0.1) is 36.6 Å². The molecule has 3 rings (SSSR count). The van der Waals surface area contributed by atoms with Crippen LogP contribution in [0.1, 0.15) is 0 Å². The first kappa shape index (κ1) is 17.0. The minimum atomic E-state index is -0.360. The largest absolute Gasteiger partial charge is 0.497 e. The molecule has 0 aliphatic rings. The summed E-state index contributed by atoms with van der Waals surface area (Å²) in [5.41, 5.74) is 2.40. The first-order valence-electron chi connectivity index (χ1n) is 7.48. The highest BCUT2D eigenvalue weighted by Crippen LogP contribution is 2.29. The minimum absolute atomic E-state index is 0.360. The molecule has 0 aliphatic carbocycles. The number of nitrogens with one attached hydrogen (secondary N) is 2. The third-order valence-corrected chi connectivity index (χ3v) is 4.47. The Labute approximate surface area is 149 Å². The number of carbonyl (C=O) groups excluding carboxylic acids is 1. The molecule has 0 saturated carbocycles. The van der Waals surface area contributed by atoms with Gasteiger partial charge in [0.25, 0.3) is 0 Å². The first-order chi connectivity index (χ1) is 12.1. The van der Waals surface area contributed by atoms with Crippen LogP contribution in [-0.2, 0) is 7.05 Å². The number of hydrogen-bond donors (Lipinski definition) is 2. The zero-order chi connectivity index (χ0) is 17.8. The molecule has 0 aliphatic heterocycles. The smallest absolute Gasteiger partial charge is 0.329 e. The maximum absolute atomic E-state index is 12.2. The number of fused-ring (bicyclic) bond motifs is 1. The molecule has 2 aromatic carbocycles. The van der Waals surface area contributed by atoms with Crippen molar-refractivity contribution in [3.8, 4) is 11.5 Å². The molecule has 0 unspecified atom stereocenters. The van der Waals surface area contributed by atoms with Crippen LogP contribution in [0, 0.1) is 0 Å². The molecule has 3 aromatic rings. The van der Waals surface area contributed by atoms with E-state index in [1.54, 1.807) is 31.6 Å². The summed E-state index contributed by atoms with van der Waals surface area (Å²) in [6, 6.07) is 10.6. The SMILES string of the molecule is COc1ccc(NC(=O)NSc2cccc3c2ncn3C)c(OC)c1. The molecule has 130 valence electrons. The fourth-order valence-electron chi connectivity index (χ4n) is 2.36. The summed E-state index contributed by atoms with van der Waals surface area (Å²) in [7, 11) is 5.04. The van der Waals surface area contributed by atoms with Crippen molar-refractivity contribution in [1.29, 1.82) is 0 Å². The lowest BCUT2D eigenvalue weighted by molar-refractivity contribution is 0.257. The molecule has 2 N–H and O–H groups in total. The van der Waals surface area contributed by atoms with Gasteiger partial charge in [0, 0.05) is 13.1 Å². The average Bonchev–Trinajstić information content (AvgIpc) is 3.02. The maximum Gasteiger partial charge on any atom is 0.329 e. The Morgan fingerprint density at radius 1 is 1.20 bits per heavy atom. The highest BCUT2D eigenvalue weighted by Gasteiger charge is 2.11. The van der Waals surface area contributed by atoms with Gasteiger partial charge in [0.2, 0.25) is 0 Å². The molecule has 0 radical (unpaired) electrons. The molecule has 0 bridgehead atoms. The minimum Gasteiger partial charge on any atom is -0.497 e. The molecule has 7 nitrogen and oxygen atoms in total. The van der Waals surface area contributed by atoms with Crippen molar-refractivity contribution < 1.29 is 14.3 Å². The summed E-state index contributed by atoms with van der Waals surface area (Å²) in [4.78, 5) is 17.4. The second kappa shape index (κ2) is 7.35. The predicted molar refractivity (Wildman–Crippen MR) is 98.3 cm³/mol. The van der Waals surface area contributed by atoms with E-state index in [-0.39, 0.29) is 6.03 Å². The number of aryl methyl sites for hydroxylation is 1. The number of benzene rings is 2. The van der Waals surface area contributed by atoms with Crippen molar-refractivity contribution in [2.75, 3.05) is 19.5 Å². The molecular formula is C17H18N4O3S. The summed E-state index contributed by atoms with van der Waals surface area (Å²) in [6.07, 6.45) is 1.75. The Bertz CT molecular complexity index is 910. The topological polar surface area (TPSA) is 77.4 Å². The van der Waals surface area contributed by atoms with E-state index in [4.69, 9.17) is 9.47 Å². The lowest BCUT2D eigenvalue weighted by atomic mass is 10.2. The van der Waals surface area contributed by atoms with Crippen LogP contribution in [0.25, 0.3) is 11.0 Å². The molecule has 0 atom stereocenters. The van der Waals surface area contributed by atoms with Crippen molar-refractivity contribution in [2.24, 2.45) is 7.05 Å². The van der Waals surface area contributed by atoms with Crippen molar-refractivity contribution in [2.45, 2.75) is 4.90 Å². The number of urea groups is 1. The summed E-state index contributed by atoms with van der Waals surface area (Å²) >= 11 is 1.21. The molecule has 25 heavy (non-hydrogen) atoms. The van der Waals surface area contributed by atoms with Crippen LogP contribution < -0.4 is 19.5 Å². The maximum atomic E-state index is 12.2. The molecule has 2 amide bonds. The fraction of sp³-hybridized carbons (Fsp3) is 0.176. The van der Waals surface area contributed by atoms with Crippen LogP contribution in [0.3, 0.4) is 0 Å². The number of nitrogens with zero attached hydrogens (tertiary/aromatic N) is 2. The fourth-order valence-corrected chi connectivity index (χ4v) is 3.02. The van der Waals surface area contributed by atoms with Gasteiger partial charge in [-0.15, -0.1) is 0 Å². The second-order valence-electron chi connectivity index (χ2n) is 5.20. The number of aromatic nitrogens is 2. The van der Waals surface area contributed by atoms with Crippen molar-refractivity contribution in [3.63, 3.8) is 0 Å². The number of anilines is 1. The van der Waals surface area contributed by atoms with Gasteiger partial charge >= 0.3 is 6.03 Å². The number of amides is 2. The van der Waals surface area contributed by atoms with Crippen molar-refractivity contribution >= 4 is 34.7 Å². The van der Waals surface area contributed by atoms with E-state index in [0.29, 0.717) is 17.2 Å². The van der Waals surface area contributed by atoms with E-state index in [2.05, 4.69) is 15.0 Å². The highest BCUT2D eigenvalue weighted by molar-refractivity contribution is 7.98. The van der Waals surface area contributed by atoms with Gasteiger partial charge in [-0.1, -0.05) is 6.07 Å². The first-order valence-corrected chi connectivity index (χ1v) is 8.30. The number of ether oxygens (including phenoxy) is 2. The quantitative estimate of drug-likeness (QED) is 0.684. The lowest BCUT2D eigenvalue weighted by Gasteiger charge is -2.12. The number of para-hydroxylation sites is 1. The number of carbonyl (C=O) groups is 1. The number of imidazole rings is 1. The molecule has 1 aromatic heterocycles. The second-order valence-corrected chi connectivity index (χ2v) is 6.05. The monoisotopic (exact) mass is 358 g/mol. The Kier molecular flexibility index (Phi) is 4.99. The van der Waals surface area contributed by atoms with Gasteiger partial charge in [-0.25, -0.2) is 9.78 Å². The Balaban J connectivity index is 1.69. The Morgan fingerprint density at radius 3 is 2.80 bits per heavy atom. The van der Waals surface area contributed by atoms with E-state index in [1.165, 1.54) is 19.1 Å². The van der Waals surface area contributed by atoms with Crippen LogP contribution in [0.5, 0.6) is 11.5 Å². The number of rotatable bonds is 5. The molecule has 0 saturated heterocycles. The van der Waals surface area contributed by atoms with Gasteiger partial charge in [0.15, 0.2) is 0 Å². The zero-order valence-corrected chi connectivity index (χ0v) is 14.9. The lowest BCUT2D eigenvalue weighted by Crippen LogP contribution is -2.23. The predicted octanol–water partition coefficient (Wildman–Crippen LogP) is 3.42. The van der Waals surface area contributed by atoms with E-state index < -0.39 is 0 Å². The molecule has 1 heterocycles. The van der Waals surface area contributed by atoms with Gasteiger partial charge < -0.3 is 19.4 Å². The Morgan fingerprint density at radius 2 is 2.04 bits per heavy atom. The standard InChI is InChI=1S/C17H18N4O3S/c1-21-10-18-16-13(21)5-4-6-15(16)25-20-17(22)19-12-8-7-11(23-2)9-14(12)24-3/h4-10H,1-3H3,(H2,19,20,22). The molecule has 0 fully saturated rings. The molecular weight excluding hydrogens is 340 g/mol. The van der Waals surface area contributed by atoms with Crippen LogP contribution in [0.2, 0.25) is 0 Å². The van der Waals surface area contributed by atoms with Crippen LogP contribution in [-0.4, -0.2) is 29.8 Å². The van der Waals surface area contributed by atoms with Crippen molar-refractivity contribution in [1.82, 2.24) is 14.3 Å². The number of hydrogen-bond acceptors (Lipinski definition) is 5. The van der Waals surface area contributed by atoms with E-state index in [0.717, 1.165) is 15.9 Å². The third-order valence-electron chi connectivity index (χ3n) is 3.63. The van der Waals surface area contributed by atoms with Gasteiger partial charge in [0.1, 0.15) is 17.0 Å². The summed E-state index contributed by atoms with van der Waals surface area (Å²) in [5.74, 6) is 1.17. The highest BCUT2D eigenvalue weighted by atomic mass is 32.2.